The molecular formula is C21H24N4. The Morgan fingerprint density at radius 1 is 0.760 bits per heavy atom. The third-order valence-corrected chi connectivity index (χ3v) is 4.12. The van der Waals surface area contributed by atoms with Crippen LogP contribution in [0.15, 0.2) is 54.6 Å². The molecule has 0 radical (unpaired) electrons. The largest absolute Gasteiger partial charge is 0.366 e. The van der Waals surface area contributed by atoms with Gasteiger partial charge in [0.1, 0.15) is 17.5 Å². The van der Waals surface area contributed by atoms with E-state index in [1.54, 1.807) is 0 Å². The summed E-state index contributed by atoms with van der Waals surface area (Å²) in [5.74, 6) is 2.42. The summed E-state index contributed by atoms with van der Waals surface area (Å²) < 4.78 is 0. The molecule has 0 atom stereocenters. The third-order valence-electron chi connectivity index (χ3n) is 4.12. The Morgan fingerprint density at radius 3 is 2.20 bits per heavy atom. The molecule has 2 aromatic carbocycles. The maximum atomic E-state index is 4.49. The molecule has 0 saturated carbocycles. The number of aromatic nitrogens is 2. The van der Waals surface area contributed by atoms with Crippen molar-refractivity contribution in [1.82, 2.24) is 9.97 Å². The van der Waals surface area contributed by atoms with E-state index in [1.807, 2.05) is 13.0 Å². The number of aryl methyl sites for hydroxylation is 3. The molecule has 0 unspecified atom stereocenters. The maximum Gasteiger partial charge on any atom is 0.132 e. The van der Waals surface area contributed by atoms with Crippen molar-refractivity contribution in [3.05, 3.63) is 82.7 Å². The van der Waals surface area contributed by atoms with Gasteiger partial charge in [0, 0.05) is 19.2 Å². The van der Waals surface area contributed by atoms with Crippen LogP contribution in [0.5, 0.6) is 0 Å². The zero-order valence-corrected chi connectivity index (χ0v) is 15.0. The molecule has 4 heteroatoms. The van der Waals surface area contributed by atoms with Crippen molar-refractivity contribution < 1.29 is 0 Å². The van der Waals surface area contributed by atoms with Crippen molar-refractivity contribution in [2.45, 2.75) is 33.9 Å². The van der Waals surface area contributed by atoms with E-state index in [0.29, 0.717) is 0 Å². The molecule has 0 aliphatic rings. The van der Waals surface area contributed by atoms with Crippen LogP contribution in [0, 0.1) is 20.8 Å². The van der Waals surface area contributed by atoms with E-state index in [9.17, 15) is 0 Å². The fraction of sp³-hybridized carbons (Fsp3) is 0.238. The van der Waals surface area contributed by atoms with Crippen molar-refractivity contribution in [2.75, 3.05) is 10.6 Å². The van der Waals surface area contributed by atoms with Gasteiger partial charge in [0.2, 0.25) is 0 Å². The zero-order chi connectivity index (χ0) is 17.6. The van der Waals surface area contributed by atoms with Gasteiger partial charge in [-0.15, -0.1) is 0 Å². The van der Waals surface area contributed by atoms with Crippen molar-refractivity contribution in [3.8, 4) is 0 Å². The number of nitrogens with one attached hydrogen (secondary N) is 2. The van der Waals surface area contributed by atoms with Crippen LogP contribution in [0.4, 0.5) is 11.6 Å². The molecule has 2 N–H and O–H groups in total. The summed E-state index contributed by atoms with van der Waals surface area (Å²) in [5, 5.41) is 6.79. The lowest BCUT2D eigenvalue weighted by Crippen LogP contribution is -2.07. The molecule has 0 aliphatic carbocycles. The van der Waals surface area contributed by atoms with Crippen molar-refractivity contribution in [1.29, 1.82) is 0 Å². The number of hydrogen-bond acceptors (Lipinski definition) is 4. The summed E-state index contributed by atoms with van der Waals surface area (Å²) in [5.41, 5.74) is 5.05. The molecule has 1 aromatic heterocycles. The molecule has 25 heavy (non-hydrogen) atoms. The topological polar surface area (TPSA) is 49.8 Å². The molecule has 0 amide bonds. The lowest BCUT2D eigenvalue weighted by molar-refractivity contribution is 1.00. The van der Waals surface area contributed by atoms with Gasteiger partial charge < -0.3 is 10.6 Å². The summed E-state index contributed by atoms with van der Waals surface area (Å²) in [7, 11) is 0. The second-order valence-corrected chi connectivity index (χ2v) is 6.31. The molecule has 0 saturated heterocycles. The molecule has 4 nitrogen and oxygen atoms in total. The van der Waals surface area contributed by atoms with Crippen LogP contribution >= 0.6 is 0 Å². The Morgan fingerprint density at radius 2 is 1.48 bits per heavy atom. The first-order chi connectivity index (χ1) is 12.1. The fourth-order valence-corrected chi connectivity index (χ4v) is 2.76. The molecule has 3 aromatic rings. The number of nitrogens with zero attached hydrogens (tertiary/aromatic N) is 2. The fourth-order valence-electron chi connectivity index (χ4n) is 2.76. The van der Waals surface area contributed by atoms with Gasteiger partial charge in [-0.3, -0.25) is 0 Å². The first kappa shape index (κ1) is 17.0. The van der Waals surface area contributed by atoms with Gasteiger partial charge in [-0.1, -0.05) is 54.1 Å². The van der Waals surface area contributed by atoms with Crippen molar-refractivity contribution in [2.24, 2.45) is 0 Å². The Bertz CT molecular complexity index is 858. The summed E-state index contributed by atoms with van der Waals surface area (Å²) in [6.07, 6.45) is 0. The van der Waals surface area contributed by atoms with Crippen LogP contribution in [0.25, 0.3) is 0 Å². The SMILES string of the molecule is Cc1cccc(CNc2cc(NCc3ccccc3C)nc(C)n2)c1. The third kappa shape index (κ3) is 4.80. The van der Waals surface area contributed by atoms with Gasteiger partial charge in [-0.25, -0.2) is 9.97 Å². The molecular weight excluding hydrogens is 308 g/mol. The van der Waals surface area contributed by atoms with Gasteiger partial charge in [0.25, 0.3) is 0 Å². The Kier molecular flexibility index (Phi) is 5.29. The lowest BCUT2D eigenvalue weighted by Gasteiger charge is -2.11. The van der Waals surface area contributed by atoms with E-state index in [2.05, 4.69) is 83.0 Å². The maximum absolute atomic E-state index is 4.49. The Hall–Kier alpha value is -2.88. The quantitative estimate of drug-likeness (QED) is 0.691. The molecule has 128 valence electrons. The highest BCUT2D eigenvalue weighted by molar-refractivity contribution is 5.48. The number of rotatable bonds is 6. The predicted molar refractivity (Wildman–Crippen MR) is 104 cm³/mol. The highest BCUT2D eigenvalue weighted by Gasteiger charge is 2.03. The Balaban J connectivity index is 1.67. The van der Waals surface area contributed by atoms with E-state index >= 15 is 0 Å². The second kappa shape index (κ2) is 7.79. The molecule has 0 aliphatic heterocycles. The monoisotopic (exact) mass is 332 g/mol. The standard InChI is InChI=1S/C21H24N4/c1-15-7-6-9-18(11-15)13-22-20-12-21(25-17(3)24-20)23-14-19-10-5-4-8-16(19)2/h4-12H,13-14H2,1-3H3,(H2,22,23,24,25). The first-order valence-corrected chi connectivity index (χ1v) is 8.53. The molecule has 0 fully saturated rings. The number of benzene rings is 2. The highest BCUT2D eigenvalue weighted by atomic mass is 15.1. The second-order valence-electron chi connectivity index (χ2n) is 6.31. The smallest absolute Gasteiger partial charge is 0.132 e. The minimum absolute atomic E-state index is 0.745. The lowest BCUT2D eigenvalue weighted by atomic mass is 10.1. The summed E-state index contributed by atoms with van der Waals surface area (Å²) in [4.78, 5) is 8.97. The van der Waals surface area contributed by atoms with Crippen LogP contribution < -0.4 is 10.6 Å². The Labute approximate surface area is 149 Å². The predicted octanol–water partition coefficient (Wildman–Crippen LogP) is 4.63. The van der Waals surface area contributed by atoms with Crippen LogP contribution in [-0.2, 0) is 13.1 Å². The summed E-state index contributed by atoms with van der Waals surface area (Å²) in [6, 6.07) is 18.8. The molecule has 0 bridgehead atoms. The minimum atomic E-state index is 0.745. The van der Waals surface area contributed by atoms with Gasteiger partial charge >= 0.3 is 0 Å². The molecule has 1 heterocycles. The minimum Gasteiger partial charge on any atom is -0.366 e. The average Bonchev–Trinajstić information content (AvgIpc) is 2.59. The summed E-state index contributed by atoms with van der Waals surface area (Å²) in [6.45, 7) is 7.63. The van der Waals surface area contributed by atoms with E-state index in [1.165, 1.54) is 22.3 Å². The van der Waals surface area contributed by atoms with Crippen LogP contribution in [0.3, 0.4) is 0 Å². The van der Waals surface area contributed by atoms with Gasteiger partial charge in [-0.05, 0) is 37.5 Å². The van der Waals surface area contributed by atoms with E-state index < -0.39 is 0 Å². The summed E-state index contributed by atoms with van der Waals surface area (Å²) >= 11 is 0. The first-order valence-electron chi connectivity index (χ1n) is 8.53. The normalized spacial score (nSPS) is 10.5. The van der Waals surface area contributed by atoms with Gasteiger partial charge in [-0.2, -0.15) is 0 Å². The molecule has 0 spiro atoms. The highest BCUT2D eigenvalue weighted by Crippen LogP contribution is 2.15. The van der Waals surface area contributed by atoms with Crippen molar-refractivity contribution >= 4 is 11.6 Å². The van der Waals surface area contributed by atoms with Gasteiger partial charge in [0.15, 0.2) is 0 Å². The number of anilines is 2. The van der Waals surface area contributed by atoms with Crippen LogP contribution in [0.1, 0.15) is 28.1 Å². The van der Waals surface area contributed by atoms with E-state index in [-0.39, 0.29) is 0 Å². The van der Waals surface area contributed by atoms with Crippen LogP contribution in [-0.4, -0.2) is 9.97 Å². The van der Waals surface area contributed by atoms with E-state index in [0.717, 1.165) is 30.5 Å². The van der Waals surface area contributed by atoms with E-state index in [4.69, 9.17) is 0 Å². The van der Waals surface area contributed by atoms with Crippen molar-refractivity contribution in [3.63, 3.8) is 0 Å². The average molecular weight is 332 g/mol. The number of hydrogen-bond donors (Lipinski definition) is 2. The van der Waals surface area contributed by atoms with Gasteiger partial charge in [0.05, 0.1) is 0 Å². The van der Waals surface area contributed by atoms with Crippen LogP contribution in [0.2, 0.25) is 0 Å². The molecule has 3 rings (SSSR count). The zero-order valence-electron chi connectivity index (χ0n) is 15.0.